The molecule has 0 radical (unpaired) electrons. The van der Waals surface area contributed by atoms with Gasteiger partial charge in [-0.2, -0.15) is 0 Å². The first-order valence-electron chi connectivity index (χ1n) is 12.8. The van der Waals surface area contributed by atoms with Gasteiger partial charge in [-0.25, -0.2) is 0 Å². The van der Waals surface area contributed by atoms with Gasteiger partial charge in [0.15, 0.2) is 0 Å². The number of nitrogens with one attached hydrogen (secondary N) is 1. The highest BCUT2D eigenvalue weighted by atomic mass is 16.2. The van der Waals surface area contributed by atoms with Crippen LogP contribution in [0.1, 0.15) is 53.6 Å². The number of hydrogen-bond donors (Lipinski definition) is 1. The summed E-state index contributed by atoms with van der Waals surface area (Å²) in [5.41, 5.74) is 4.57. The van der Waals surface area contributed by atoms with Crippen LogP contribution < -0.4 is 15.1 Å². The first kappa shape index (κ1) is 23.4. The Kier molecular flexibility index (Phi) is 6.75. The molecule has 5 rings (SSSR count). The number of anilines is 2. The van der Waals surface area contributed by atoms with Crippen molar-refractivity contribution in [1.82, 2.24) is 10.2 Å². The molecular weight excluding hydrogens is 440 g/mol. The molecule has 2 fully saturated rings. The van der Waals surface area contributed by atoms with E-state index in [2.05, 4.69) is 41.4 Å². The number of amides is 3. The minimum absolute atomic E-state index is 0.000941. The summed E-state index contributed by atoms with van der Waals surface area (Å²) in [5.74, 6) is -0.227. The van der Waals surface area contributed by atoms with Gasteiger partial charge in [-0.1, -0.05) is 29.8 Å². The molecule has 3 amide bonds. The van der Waals surface area contributed by atoms with E-state index in [0.29, 0.717) is 17.8 Å². The maximum atomic E-state index is 13.5. The van der Waals surface area contributed by atoms with Crippen LogP contribution in [-0.4, -0.2) is 61.4 Å². The van der Waals surface area contributed by atoms with E-state index in [-0.39, 0.29) is 30.3 Å². The number of aryl methyl sites for hydroxylation is 1. The Morgan fingerprint density at radius 1 is 0.943 bits per heavy atom. The fourth-order valence-corrected chi connectivity index (χ4v) is 5.46. The number of piperidine rings is 1. The minimum Gasteiger partial charge on any atom is -0.358 e. The molecule has 1 N–H and O–H groups in total. The number of fused-ring (bicyclic) bond motifs is 3. The second-order valence-corrected chi connectivity index (χ2v) is 9.92. The summed E-state index contributed by atoms with van der Waals surface area (Å²) in [6.45, 7) is 4.90. The molecule has 184 valence electrons. The van der Waals surface area contributed by atoms with E-state index in [4.69, 9.17) is 0 Å². The van der Waals surface area contributed by atoms with Gasteiger partial charge in [-0.15, -0.1) is 0 Å². The summed E-state index contributed by atoms with van der Waals surface area (Å²) in [4.78, 5) is 45.1. The Labute approximate surface area is 207 Å². The number of hydrogen-bond acceptors (Lipinski definition) is 4. The Morgan fingerprint density at radius 2 is 1.69 bits per heavy atom. The Morgan fingerprint density at radius 3 is 2.46 bits per heavy atom. The van der Waals surface area contributed by atoms with Gasteiger partial charge in [0.2, 0.25) is 11.8 Å². The van der Waals surface area contributed by atoms with Gasteiger partial charge in [0.25, 0.3) is 5.91 Å². The molecule has 3 heterocycles. The number of benzene rings is 2. The standard InChI is InChI=1S/C28H34N4O3/c1-20-7-9-21(10-8-20)13-14-29-26(33)19-32-25-18-22(27(34)30-15-4-5-16-30)11-12-23(25)31-17-3-2-6-24(31)28(32)35/h7-12,18,24H,2-6,13-17,19H2,1H3,(H,29,33)/t24-/m1/s1. The molecule has 2 aromatic rings. The van der Waals surface area contributed by atoms with Crippen LogP contribution in [0, 0.1) is 6.92 Å². The van der Waals surface area contributed by atoms with E-state index < -0.39 is 0 Å². The normalized spacial score (nSPS) is 19.4. The highest BCUT2D eigenvalue weighted by Gasteiger charge is 2.40. The largest absolute Gasteiger partial charge is 0.358 e. The molecule has 3 aliphatic rings. The summed E-state index contributed by atoms with van der Waals surface area (Å²) >= 11 is 0. The van der Waals surface area contributed by atoms with E-state index >= 15 is 0 Å². The lowest BCUT2D eigenvalue weighted by Gasteiger charge is -2.45. The van der Waals surface area contributed by atoms with Gasteiger partial charge in [-0.3, -0.25) is 19.3 Å². The Balaban J connectivity index is 1.34. The van der Waals surface area contributed by atoms with Crippen molar-refractivity contribution in [3.05, 3.63) is 59.2 Å². The third-order valence-electron chi connectivity index (χ3n) is 7.43. The van der Waals surface area contributed by atoms with Crippen molar-refractivity contribution >= 4 is 29.1 Å². The van der Waals surface area contributed by atoms with Crippen molar-refractivity contribution in [2.24, 2.45) is 0 Å². The predicted octanol–water partition coefficient (Wildman–Crippen LogP) is 3.30. The van der Waals surface area contributed by atoms with Crippen LogP contribution in [0.4, 0.5) is 11.4 Å². The maximum absolute atomic E-state index is 13.5. The van der Waals surface area contributed by atoms with Crippen LogP contribution in [-0.2, 0) is 16.0 Å². The summed E-state index contributed by atoms with van der Waals surface area (Å²) in [6.07, 6.45) is 5.63. The fourth-order valence-electron chi connectivity index (χ4n) is 5.46. The Bertz CT molecular complexity index is 1110. The second-order valence-electron chi connectivity index (χ2n) is 9.92. The van der Waals surface area contributed by atoms with Gasteiger partial charge in [-0.05, 0) is 69.2 Å². The van der Waals surface area contributed by atoms with Crippen LogP contribution in [0.25, 0.3) is 0 Å². The van der Waals surface area contributed by atoms with E-state index in [1.807, 2.05) is 23.1 Å². The second kappa shape index (κ2) is 10.1. The van der Waals surface area contributed by atoms with Crippen molar-refractivity contribution in [3.8, 4) is 0 Å². The summed E-state index contributed by atoms with van der Waals surface area (Å²) in [6, 6.07) is 13.7. The first-order valence-corrected chi connectivity index (χ1v) is 12.8. The summed E-state index contributed by atoms with van der Waals surface area (Å²) < 4.78 is 0. The lowest BCUT2D eigenvalue weighted by molar-refractivity contribution is -0.124. The van der Waals surface area contributed by atoms with Crippen LogP contribution >= 0.6 is 0 Å². The number of rotatable bonds is 6. The lowest BCUT2D eigenvalue weighted by Crippen LogP contribution is -2.57. The molecule has 0 spiro atoms. The van der Waals surface area contributed by atoms with Crippen molar-refractivity contribution in [2.45, 2.75) is 51.5 Å². The van der Waals surface area contributed by atoms with E-state index in [0.717, 1.165) is 63.8 Å². The number of carbonyl (C=O) groups excluding carboxylic acids is 3. The summed E-state index contributed by atoms with van der Waals surface area (Å²) in [7, 11) is 0. The molecule has 0 aromatic heterocycles. The van der Waals surface area contributed by atoms with E-state index in [9.17, 15) is 14.4 Å². The predicted molar refractivity (Wildman–Crippen MR) is 137 cm³/mol. The third kappa shape index (κ3) is 4.90. The van der Waals surface area contributed by atoms with E-state index in [1.54, 1.807) is 4.90 Å². The molecule has 35 heavy (non-hydrogen) atoms. The molecule has 0 aliphatic carbocycles. The zero-order valence-corrected chi connectivity index (χ0v) is 20.5. The molecule has 0 bridgehead atoms. The average Bonchev–Trinajstić information content (AvgIpc) is 3.42. The van der Waals surface area contributed by atoms with Gasteiger partial charge < -0.3 is 15.1 Å². The van der Waals surface area contributed by atoms with Gasteiger partial charge in [0, 0.05) is 31.7 Å². The summed E-state index contributed by atoms with van der Waals surface area (Å²) in [5, 5.41) is 2.98. The van der Waals surface area contributed by atoms with Crippen molar-refractivity contribution in [2.75, 3.05) is 42.5 Å². The lowest BCUT2D eigenvalue weighted by atomic mass is 9.95. The first-order chi connectivity index (χ1) is 17.0. The Hall–Kier alpha value is -3.35. The SMILES string of the molecule is Cc1ccc(CCNC(=O)CN2C(=O)[C@H]3CCCCN3c3ccc(C(=O)N4CCCC4)cc32)cc1. The molecular formula is C28H34N4O3. The van der Waals surface area contributed by atoms with Crippen LogP contribution in [0.3, 0.4) is 0 Å². The maximum Gasteiger partial charge on any atom is 0.253 e. The van der Waals surface area contributed by atoms with Gasteiger partial charge in [0.1, 0.15) is 12.6 Å². The number of carbonyl (C=O) groups is 3. The minimum atomic E-state index is -0.239. The molecule has 2 saturated heterocycles. The van der Waals surface area contributed by atoms with Crippen LogP contribution in [0.15, 0.2) is 42.5 Å². The van der Waals surface area contributed by atoms with Crippen molar-refractivity contribution in [3.63, 3.8) is 0 Å². The monoisotopic (exact) mass is 474 g/mol. The van der Waals surface area contributed by atoms with Crippen molar-refractivity contribution < 1.29 is 14.4 Å². The van der Waals surface area contributed by atoms with Crippen molar-refractivity contribution in [1.29, 1.82) is 0 Å². The third-order valence-corrected chi connectivity index (χ3v) is 7.43. The molecule has 0 saturated carbocycles. The molecule has 7 heteroatoms. The molecule has 7 nitrogen and oxygen atoms in total. The quantitative estimate of drug-likeness (QED) is 0.697. The van der Waals surface area contributed by atoms with Gasteiger partial charge in [0.05, 0.1) is 11.4 Å². The van der Waals surface area contributed by atoms with Crippen LogP contribution in [0.2, 0.25) is 0 Å². The van der Waals surface area contributed by atoms with E-state index in [1.165, 1.54) is 11.1 Å². The number of nitrogens with zero attached hydrogens (tertiary/aromatic N) is 3. The smallest absolute Gasteiger partial charge is 0.253 e. The van der Waals surface area contributed by atoms with Crippen LogP contribution in [0.5, 0.6) is 0 Å². The molecule has 1 atom stereocenters. The molecule has 3 aliphatic heterocycles. The average molecular weight is 475 g/mol. The highest BCUT2D eigenvalue weighted by Crippen LogP contribution is 2.40. The fraction of sp³-hybridized carbons (Fsp3) is 0.464. The molecule has 2 aromatic carbocycles. The molecule has 0 unspecified atom stereocenters. The highest BCUT2D eigenvalue weighted by molar-refractivity contribution is 6.09. The topological polar surface area (TPSA) is 73.0 Å². The number of likely N-dealkylation sites (tertiary alicyclic amines) is 1. The van der Waals surface area contributed by atoms with Gasteiger partial charge >= 0.3 is 0 Å². The zero-order chi connectivity index (χ0) is 24.4. The zero-order valence-electron chi connectivity index (χ0n) is 20.5.